The Hall–Kier alpha value is -0.570. The lowest BCUT2D eigenvalue weighted by Crippen LogP contribution is -2.43. The summed E-state index contributed by atoms with van der Waals surface area (Å²) in [5.41, 5.74) is 0. The van der Waals surface area contributed by atoms with Gasteiger partial charge in [0.2, 0.25) is 0 Å². The average molecular weight is 199 g/mol. The fourth-order valence-electron chi connectivity index (χ4n) is 1.76. The lowest BCUT2D eigenvalue weighted by atomic mass is 10.1. The molecule has 0 aromatic carbocycles. The van der Waals surface area contributed by atoms with Gasteiger partial charge in [0.05, 0.1) is 7.11 Å². The van der Waals surface area contributed by atoms with Gasteiger partial charge >= 0.3 is 5.97 Å². The zero-order chi connectivity index (χ0) is 10.7. The molecule has 1 aliphatic carbocycles. The summed E-state index contributed by atoms with van der Waals surface area (Å²) in [6, 6.07) is 0.529. The third kappa shape index (κ3) is 2.98. The topological polar surface area (TPSA) is 29.5 Å². The number of methoxy groups -OCH3 is 1. The molecule has 0 heterocycles. The summed E-state index contributed by atoms with van der Waals surface area (Å²) in [7, 11) is 1.46. The second-order valence-corrected chi connectivity index (χ2v) is 4.52. The Labute approximate surface area is 86.4 Å². The minimum absolute atomic E-state index is 0.0881. The Kier molecular flexibility index (Phi) is 3.93. The van der Waals surface area contributed by atoms with E-state index in [1.165, 1.54) is 20.0 Å². The summed E-state index contributed by atoms with van der Waals surface area (Å²) < 4.78 is 4.77. The van der Waals surface area contributed by atoms with Gasteiger partial charge in [-0.05, 0) is 25.7 Å². The van der Waals surface area contributed by atoms with Crippen LogP contribution in [0.5, 0.6) is 0 Å². The summed E-state index contributed by atoms with van der Waals surface area (Å²) >= 11 is 0. The van der Waals surface area contributed by atoms with E-state index in [2.05, 4.69) is 18.7 Å². The summed E-state index contributed by atoms with van der Waals surface area (Å²) in [6.07, 6.45) is 2.46. The summed E-state index contributed by atoms with van der Waals surface area (Å²) in [5, 5.41) is 0. The number of nitrogens with zero attached hydrogens (tertiary/aromatic N) is 1. The van der Waals surface area contributed by atoms with Gasteiger partial charge in [0, 0.05) is 12.6 Å². The maximum atomic E-state index is 11.4. The Balaban J connectivity index is 2.52. The molecular formula is C11H21NO2. The molecule has 0 aromatic rings. The number of esters is 1. The molecule has 3 nitrogen and oxygen atoms in total. The van der Waals surface area contributed by atoms with Crippen LogP contribution in [0.3, 0.4) is 0 Å². The SMILES string of the molecule is COC(=O)C(C)N(CC(C)C)C1CC1. The van der Waals surface area contributed by atoms with Crippen molar-refractivity contribution in [3.63, 3.8) is 0 Å². The second-order valence-electron chi connectivity index (χ2n) is 4.52. The first-order valence-electron chi connectivity index (χ1n) is 5.39. The quantitative estimate of drug-likeness (QED) is 0.631. The molecule has 0 bridgehead atoms. The largest absolute Gasteiger partial charge is 0.468 e. The molecule has 1 saturated carbocycles. The molecule has 1 atom stereocenters. The van der Waals surface area contributed by atoms with Crippen molar-refractivity contribution in [3.8, 4) is 0 Å². The Morgan fingerprint density at radius 2 is 2.00 bits per heavy atom. The van der Waals surface area contributed by atoms with Crippen molar-refractivity contribution in [2.45, 2.75) is 45.7 Å². The Bertz CT molecular complexity index is 199. The van der Waals surface area contributed by atoms with E-state index in [9.17, 15) is 4.79 Å². The van der Waals surface area contributed by atoms with Gasteiger partial charge < -0.3 is 4.74 Å². The number of carbonyl (C=O) groups excluding carboxylic acids is 1. The van der Waals surface area contributed by atoms with Gasteiger partial charge in [-0.3, -0.25) is 9.69 Å². The van der Waals surface area contributed by atoms with Crippen molar-refractivity contribution in [2.75, 3.05) is 13.7 Å². The summed E-state index contributed by atoms with van der Waals surface area (Å²) in [6.45, 7) is 7.28. The fraction of sp³-hybridized carbons (Fsp3) is 0.909. The van der Waals surface area contributed by atoms with E-state index in [4.69, 9.17) is 4.74 Å². The van der Waals surface area contributed by atoms with Crippen molar-refractivity contribution in [1.29, 1.82) is 0 Å². The molecule has 0 amide bonds. The predicted molar refractivity (Wildman–Crippen MR) is 56.0 cm³/mol. The van der Waals surface area contributed by atoms with Gasteiger partial charge in [0.1, 0.15) is 6.04 Å². The molecule has 1 aliphatic rings. The van der Waals surface area contributed by atoms with E-state index in [0.717, 1.165) is 6.54 Å². The van der Waals surface area contributed by atoms with E-state index in [1.54, 1.807) is 0 Å². The molecule has 3 heteroatoms. The van der Waals surface area contributed by atoms with Crippen LogP contribution >= 0.6 is 0 Å². The normalized spacial score (nSPS) is 18.7. The maximum Gasteiger partial charge on any atom is 0.322 e. The first-order valence-corrected chi connectivity index (χ1v) is 5.39. The van der Waals surface area contributed by atoms with Gasteiger partial charge in [-0.1, -0.05) is 13.8 Å². The smallest absolute Gasteiger partial charge is 0.322 e. The van der Waals surface area contributed by atoms with E-state index in [-0.39, 0.29) is 12.0 Å². The van der Waals surface area contributed by atoms with Crippen LogP contribution in [0.15, 0.2) is 0 Å². The third-order valence-electron chi connectivity index (χ3n) is 2.63. The standard InChI is InChI=1S/C11H21NO2/c1-8(2)7-12(10-5-6-10)9(3)11(13)14-4/h8-10H,5-7H2,1-4H3. The minimum atomic E-state index is -0.113. The second kappa shape index (κ2) is 4.78. The van der Waals surface area contributed by atoms with E-state index in [1.807, 2.05) is 6.92 Å². The lowest BCUT2D eigenvalue weighted by molar-refractivity contribution is -0.146. The molecule has 0 saturated heterocycles. The van der Waals surface area contributed by atoms with Gasteiger partial charge in [0.25, 0.3) is 0 Å². The third-order valence-corrected chi connectivity index (χ3v) is 2.63. The molecule has 0 aliphatic heterocycles. The molecule has 1 rings (SSSR count). The molecule has 82 valence electrons. The summed E-state index contributed by atoms with van der Waals surface area (Å²) in [4.78, 5) is 13.7. The highest BCUT2D eigenvalue weighted by atomic mass is 16.5. The predicted octanol–water partition coefficient (Wildman–Crippen LogP) is 1.67. The highest BCUT2D eigenvalue weighted by Crippen LogP contribution is 2.29. The molecule has 1 unspecified atom stereocenters. The highest BCUT2D eigenvalue weighted by Gasteiger charge is 2.35. The van der Waals surface area contributed by atoms with Gasteiger partial charge in [-0.25, -0.2) is 0 Å². The molecular weight excluding hydrogens is 178 g/mol. The van der Waals surface area contributed by atoms with Gasteiger partial charge in [0.15, 0.2) is 0 Å². The van der Waals surface area contributed by atoms with E-state index < -0.39 is 0 Å². The zero-order valence-corrected chi connectivity index (χ0v) is 9.62. The first kappa shape index (κ1) is 11.5. The Morgan fingerprint density at radius 1 is 1.43 bits per heavy atom. The van der Waals surface area contributed by atoms with Crippen molar-refractivity contribution in [1.82, 2.24) is 4.90 Å². The van der Waals surface area contributed by atoms with Crippen LogP contribution < -0.4 is 0 Å². The molecule has 0 spiro atoms. The number of ether oxygens (including phenoxy) is 1. The van der Waals surface area contributed by atoms with Crippen LogP contribution in [0.4, 0.5) is 0 Å². The van der Waals surface area contributed by atoms with Crippen LogP contribution in [-0.4, -0.2) is 36.6 Å². The molecule has 0 N–H and O–H groups in total. The monoisotopic (exact) mass is 199 g/mol. The van der Waals surface area contributed by atoms with Crippen molar-refractivity contribution >= 4 is 5.97 Å². The fourth-order valence-corrected chi connectivity index (χ4v) is 1.76. The van der Waals surface area contributed by atoms with Crippen molar-refractivity contribution in [3.05, 3.63) is 0 Å². The van der Waals surface area contributed by atoms with Crippen LogP contribution in [0, 0.1) is 5.92 Å². The molecule has 0 radical (unpaired) electrons. The van der Waals surface area contributed by atoms with Crippen LogP contribution in [0.25, 0.3) is 0 Å². The van der Waals surface area contributed by atoms with E-state index in [0.29, 0.717) is 12.0 Å². The van der Waals surface area contributed by atoms with Gasteiger partial charge in [-0.15, -0.1) is 0 Å². The summed E-state index contributed by atoms with van der Waals surface area (Å²) in [5.74, 6) is 0.486. The van der Waals surface area contributed by atoms with Gasteiger partial charge in [-0.2, -0.15) is 0 Å². The van der Waals surface area contributed by atoms with E-state index >= 15 is 0 Å². The maximum absolute atomic E-state index is 11.4. The van der Waals surface area contributed by atoms with Crippen molar-refractivity contribution < 1.29 is 9.53 Å². The minimum Gasteiger partial charge on any atom is -0.468 e. The van der Waals surface area contributed by atoms with Crippen LogP contribution in [-0.2, 0) is 9.53 Å². The number of hydrogen-bond acceptors (Lipinski definition) is 3. The number of carbonyl (C=O) groups is 1. The van der Waals surface area contributed by atoms with Crippen LogP contribution in [0.2, 0.25) is 0 Å². The number of rotatable bonds is 5. The average Bonchev–Trinajstić information content (AvgIpc) is 2.94. The number of hydrogen-bond donors (Lipinski definition) is 0. The molecule has 0 aromatic heterocycles. The van der Waals surface area contributed by atoms with Crippen LogP contribution in [0.1, 0.15) is 33.6 Å². The zero-order valence-electron chi connectivity index (χ0n) is 9.62. The molecule has 1 fully saturated rings. The molecule has 14 heavy (non-hydrogen) atoms. The Morgan fingerprint density at radius 3 is 2.36 bits per heavy atom. The first-order chi connectivity index (χ1) is 6.56. The van der Waals surface area contributed by atoms with Crippen molar-refractivity contribution in [2.24, 2.45) is 5.92 Å². The highest BCUT2D eigenvalue weighted by molar-refractivity contribution is 5.75. The lowest BCUT2D eigenvalue weighted by Gasteiger charge is -2.28.